The monoisotopic (exact) mass is 640 g/mol. The van der Waals surface area contributed by atoms with Crippen LogP contribution < -0.4 is 21.3 Å². The van der Waals surface area contributed by atoms with Crippen LogP contribution in [0.15, 0.2) is 0 Å². The maximum Gasteiger partial charge on any atom is 0.224 e. The second-order valence-electron chi connectivity index (χ2n) is 16.8. The summed E-state index contributed by atoms with van der Waals surface area (Å²) in [6.07, 6.45) is 16.8. The second-order valence-corrected chi connectivity index (χ2v) is 16.8. The van der Waals surface area contributed by atoms with E-state index >= 15 is 0 Å². The molecule has 8 nitrogen and oxygen atoms in total. The van der Waals surface area contributed by atoms with Crippen molar-refractivity contribution >= 4 is 23.6 Å². The standard InChI is InChI=1S/C38H64N4O4/c1-23-5-13-27(14-6-23)39-35(43)31-21-33(37(45)41-29-17-9-25(3)10-18-29)34(38(46)42-30-19-11-26(4)12-20-30)22-32(31)36(44)40-28-15-7-24(2)8-16-28/h23-34H,5-22H2,1-4H3,(H,39,43)(H,40,44)(H,41,45)(H,42,46). The summed E-state index contributed by atoms with van der Waals surface area (Å²) in [5.74, 6) is -0.252. The van der Waals surface area contributed by atoms with E-state index in [0.29, 0.717) is 23.7 Å². The molecule has 46 heavy (non-hydrogen) atoms. The normalized spacial score (nSPS) is 40.3. The average molecular weight is 641 g/mol. The highest BCUT2D eigenvalue weighted by molar-refractivity contribution is 5.93. The van der Waals surface area contributed by atoms with Gasteiger partial charge in [-0.05, 0) is 139 Å². The summed E-state index contributed by atoms with van der Waals surface area (Å²) >= 11 is 0. The van der Waals surface area contributed by atoms with Gasteiger partial charge < -0.3 is 21.3 Å². The zero-order chi connectivity index (χ0) is 32.8. The van der Waals surface area contributed by atoms with Crippen molar-refractivity contribution in [3.63, 3.8) is 0 Å². The number of hydrogen-bond donors (Lipinski definition) is 4. The minimum absolute atomic E-state index is 0.110. The third kappa shape index (κ3) is 9.49. The molecule has 0 heterocycles. The van der Waals surface area contributed by atoms with Gasteiger partial charge in [0.1, 0.15) is 0 Å². The van der Waals surface area contributed by atoms with Crippen molar-refractivity contribution in [2.24, 2.45) is 47.3 Å². The molecule has 8 heteroatoms. The van der Waals surface area contributed by atoms with Gasteiger partial charge in [-0.2, -0.15) is 0 Å². The van der Waals surface area contributed by atoms with Crippen molar-refractivity contribution in [2.45, 2.75) is 167 Å². The predicted molar refractivity (Wildman–Crippen MR) is 181 cm³/mol. The summed E-state index contributed by atoms with van der Waals surface area (Å²) < 4.78 is 0. The van der Waals surface area contributed by atoms with Gasteiger partial charge in [0, 0.05) is 24.2 Å². The lowest BCUT2D eigenvalue weighted by Gasteiger charge is -2.41. The minimum Gasteiger partial charge on any atom is -0.353 e. The van der Waals surface area contributed by atoms with Crippen LogP contribution in [0, 0.1) is 47.3 Å². The van der Waals surface area contributed by atoms with E-state index in [2.05, 4.69) is 49.0 Å². The van der Waals surface area contributed by atoms with Gasteiger partial charge in [-0.3, -0.25) is 19.2 Å². The Balaban J connectivity index is 1.36. The SMILES string of the molecule is CC1CCC(NC(=O)C2CC(C(=O)NC3CCC(C)CC3)C(C(=O)NC3CCC(C)CC3)CC2C(=O)NC2CCC(C)CC2)CC1. The Morgan fingerprint density at radius 3 is 0.674 bits per heavy atom. The zero-order valence-electron chi connectivity index (χ0n) is 29.3. The number of rotatable bonds is 8. The smallest absolute Gasteiger partial charge is 0.224 e. The quantitative estimate of drug-likeness (QED) is 0.260. The van der Waals surface area contributed by atoms with E-state index in [1.807, 2.05) is 0 Å². The van der Waals surface area contributed by atoms with E-state index < -0.39 is 23.7 Å². The van der Waals surface area contributed by atoms with E-state index in [9.17, 15) is 19.2 Å². The fraction of sp³-hybridized carbons (Fsp3) is 0.895. The molecular weight excluding hydrogens is 576 g/mol. The molecule has 260 valence electrons. The van der Waals surface area contributed by atoms with Crippen molar-refractivity contribution in [2.75, 3.05) is 0 Å². The van der Waals surface area contributed by atoms with Crippen molar-refractivity contribution in [3.05, 3.63) is 0 Å². The lowest BCUT2D eigenvalue weighted by atomic mass is 9.66. The molecule has 0 aromatic heterocycles. The van der Waals surface area contributed by atoms with Gasteiger partial charge in [-0.15, -0.1) is 0 Å². The fourth-order valence-electron chi connectivity index (χ4n) is 9.21. The molecule has 0 aromatic rings. The van der Waals surface area contributed by atoms with Gasteiger partial charge in [0.2, 0.25) is 23.6 Å². The first-order valence-corrected chi connectivity index (χ1v) is 19.3. The predicted octanol–water partition coefficient (Wildman–Crippen LogP) is 6.02. The highest BCUT2D eigenvalue weighted by Crippen LogP contribution is 2.41. The second kappa shape index (κ2) is 16.3. The molecule has 0 aromatic carbocycles. The molecule has 0 aliphatic heterocycles. The molecule has 4 N–H and O–H groups in total. The zero-order valence-corrected chi connectivity index (χ0v) is 29.3. The van der Waals surface area contributed by atoms with Crippen molar-refractivity contribution < 1.29 is 19.2 Å². The van der Waals surface area contributed by atoms with E-state index in [0.717, 1.165) is 103 Å². The van der Waals surface area contributed by atoms with Gasteiger partial charge in [0.05, 0.1) is 23.7 Å². The molecule has 5 aliphatic rings. The van der Waals surface area contributed by atoms with Crippen molar-refractivity contribution in [3.8, 4) is 0 Å². The topological polar surface area (TPSA) is 116 Å². The first-order chi connectivity index (χ1) is 22.0. The van der Waals surface area contributed by atoms with Crippen LogP contribution in [0.3, 0.4) is 0 Å². The van der Waals surface area contributed by atoms with Crippen LogP contribution in [-0.4, -0.2) is 47.8 Å². The average Bonchev–Trinajstić information content (AvgIpc) is 3.04. The van der Waals surface area contributed by atoms with Crippen molar-refractivity contribution in [1.82, 2.24) is 21.3 Å². The summed E-state index contributed by atoms with van der Waals surface area (Å²) in [5, 5.41) is 13.2. The van der Waals surface area contributed by atoms with E-state index in [1.165, 1.54) is 0 Å². The highest BCUT2D eigenvalue weighted by atomic mass is 16.2. The fourth-order valence-corrected chi connectivity index (χ4v) is 9.21. The van der Waals surface area contributed by atoms with Crippen LogP contribution >= 0.6 is 0 Å². The van der Waals surface area contributed by atoms with Gasteiger partial charge in [0.15, 0.2) is 0 Å². The number of carbonyl (C=O) groups excluding carboxylic acids is 4. The number of amides is 4. The molecule has 0 saturated heterocycles. The van der Waals surface area contributed by atoms with Crippen LogP contribution in [0.1, 0.15) is 143 Å². The number of hydrogen-bond acceptors (Lipinski definition) is 4. The van der Waals surface area contributed by atoms with Crippen LogP contribution in [0.5, 0.6) is 0 Å². The van der Waals surface area contributed by atoms with E-state index in [1.54, 1.807) is 0 Å². The Hall–Kier alpha value is -2.12. The Bertz CT molecular complexity index is 871. The molecule has 4 unspecified atom stereocenters. The molecule has 4 atom stereocenters. The van der Waals surface area contributed by atoms with Gasteiger partial charge in [-0.1, -0.05) is 27.7 Å². The van der Waals surface area contributed by atoms with E-state index in [4.69, 9.17) is 0 Å². The Kier molecular flexibility index (Phi) is 12.5. The van der Waals surface area contributed by atoms with Gasteiger partial charge in [-0.25, -0.2) is 0 Å². The molecule has 5 rings (SSSR count). The summed E-state index contributed by atoms with van der Waals surface area (Å²) in [6, 6.07) is 0.439. The molecule has 0 bridgehead atoms. The summed E-state index contributed by atoms with van der Waals surface area (Å²) in [6.45, 7) is 9.06. The first-order valence-electron chi connectivity index (χ1n) is 19.3. The molecule has 5 saturated carbocycles. The molecule has 4 amide bonds. The van der Waals surface area contributed by atoms with Crippen LogP contribution in [0.25, 0.3) is 0 Å². The Morgan fingerprint density at radius 2 is 0.500 bits per heavy atom. The largest absolute Gasteiger partial charge is 0.353 e. The number of nitrogens with one attached hydrogen (secondary N) is 4. The molecular formula is C38H64N4O4. The highest BCUT2D eigenvalue weighted by Gasteiger charge is 2.49. The minimum atomic E-state index is -0.622. The Labute approximate surface area is 278 Å². The third-order valence-corrected chi connectivity index (χ3v) is 12.8. The van der Waals surface area contributed by atoms with Crippen LogP contribution in [0.2, 0.25) is 0 Å². The van der Waals surface area contributed by atoms with Gasteiger partial charge >= 0.3 is 0 Å². The Morgan fingerprint density at radius 1 is 0.326 bits per heavy atom. The summed E-state index contributed by atoms with van der Waals surface area (Å²) in [5.41, 5.74) is 0. The maximum absolute atomic E-state index is 14.1. The van der Waals surface area contributed by atoms with Gasteiger partial charge in [0.25, 0.3) is 0 Å². The maximum atomic E-state index is 14.1. The van der Waals surface area contributed by atoms with Crippen LogP contribution in [0.4, 0.5) is 0 Å². The first kappa shape index (κ1) is 35.2. The summed E-state index contributed by atoms with van der Waals surface area (Å²) in [4.78, 5) is 56.4. The van der Waals surface area contributed by atoms with Crippen LogP contribution in [-0.2, 0) is 19.2 Å². The third-order valence-electron chi connectivity index (χ3n) is 12.8. The molecule has 5 aliphatic carbocycles. The molecule has 5 fully saturated rings. The molecule has 0 spiro atoms. The lowest BCUT2D eigenvalue weighted by molar-refractivity contribution is -0.148. The number of carbonyl (C=O) groups is 4. The van der Waals surface area contributed by atoms with E-state index in [-0.39, 0.29) is 60.6 Å². The lowest BCUT2D eigenvalue weighted by Crippen LogP contribution is -2.56. The summed E-state index contributed by atoms with van der Waals surface area (Å²) in [7, 11) is 0. The van der Waals surface area contributed by atoms with Crippen molar-refractivity contribution in [1.29, 1.82) is 0 Å². The molecule has 0 radical (unpaired) electrons.